The lowest BCUT2D eigenvalue weighted by atomic mass is 9.77. The second kappa shape index (κ2) is 8.16. The molecule has 2 N–H and O–H groups in total. The molecule has 3 atom stereocenters. The number of rotatable bonds is 7. The lowest BCUT2D eigenvalue weighted by Gasteiger charge is -2.38. The molecule has 0 bridgehead atoms. The second-order valence-corrected chi connectivity index (χ2v) is 6.49. The number of amides is 1. The highest BCUT2D eigenvalue weighted by molar-refractivity contribution is 5.68. The number of ether oxygens (including phenoxy) is 1. The van der Waals surface area contributed by atoms with Crippen LogP contribution in [0.5, 0.6) is 0 Å². The van der Waals surface area contributed by atoms with Gasteiger partial charge in [0.2, 0.25) is 0 Å². The minimum absolute atomic E-state index is 0.129. The predicted molar refractivity (Wildman–Crippen MR) is 90.9 cm³/mol. The van der Waals surface area contributed by atoms with Crippen molar-refractivity contribution in [3.05, 3.63) is 48.6 Å². The predicted octanol–water partition coefficient (Wildman–Crippen LogP) is 3.66. The van der Waals surface area contributed by atoms with Crippen LogP contribution in [0.25, 0.3) is 0 Å². The normalized spacial score (nSPS) is 24.9. The van der Waals surface area contributed by atoms with Crippen LogP contribution in [0.15, 0.2) is 43.0 Å². The zero-order valence-electron chi connectivity index (χ0n) is 13.8. The first-order chi connectivity index (χ1) is 11.1. The lowest BCUT2D eigenvalue weighted by molar-refractivity contribution is 0.0961. The van der Waals surface area contributed by atoms with Crippen molar-refractivity contribution in [1.29, 1.82) is 0 Å². The summed E-state index contributed by atoms with van der Waals surface area (Å²) in [5.74, 6) is 0.390. The molecule has 2 rings (SSSR count). The van der Waals surface area contributed by atoms with E-state index in [1.165, 1.54) is 0 Å². The Morgan fingerprint density at radius 2 is 2.26 bits per heavy atom. The van der Waals surface area contributed by atoms with Crippen LogP contribution in [0.2, 0.25) is 0 Å². The van der Waals surface area contributed by atoms with Gasteiger partial charge in [-0.1, -0.05) is 49.8 Å². The molecule has 1 aliphatic rings. The standard InChI is InChI=1S/C19H27NO3/c1-3-11-19(12-7-10-17(19)15(2)13-21)20-18(22)23-14-16-8-5-4-6-9-16/h3-6,8-9,15,17,21H,1,7,10-14H2,2H3,(H,20,22)/t15-,17?,19+/m0/s1. The summed E-state index contributed by atoms with van der Waals surface area (Å²) in [7, 11) is 0. The first kappa shape index (κ1) is 17.5. The molecule has 0 aromatic heterocycles. The Labute approximate surface area is 138 Å². The van der Waals surface area contributed by atoms with Crippen LogP contribution in [-0.4, -0.2) is 23.3 Å². The summed E-state index contributed by atoms with van der Waals surface area (Å²) in [5, 5.41) is 12.6. The fraction of sp³-hybridized carbons (Fsp3) is 0.526. The zero-order valence-corrected chi connectivity index (χ0v) is 13.8. The van der Waals surface area contributed by atoms with Crippen molar-refractivity contribution in [2.24, 2.45) is 11.8 Å². The minimum atomic E-state index is -0.396. The molecule has 1 amide bonds. The van der Waals surface area contributed by atoms with E-state index in [2.05, 4.69) is 11.9 Å². The molecule has 0 aliphatic heterocycles. The number of hydrogen-bond acceptors (Lipinski definition) is 3. The van der Waals surface area contributed by atoms with Crippen LogP contribution in [0.4, 0.5) is 4.79 Å². The molecule has 0 radical (unpaired) electrons. The Bertz CT molecular complexity index is 517. The topological polar surface area (TPSA) is 58.6 Å². The monoisotopic (exact) mass is 317 g/mol. The number of benzene rings is 1. The fourth-order valence-corrected chi connectivity index (χ4v) is 3.74. The largest absolute Gasteiger partial charge is 0.445 e. The van der Waals surface area contributed by atoms with Gasteiger partial charge in [-0.15, -0.1) is 6.58 Å². The van der Waals surface area contributed by atoms with Crippen molar-refractivity contribution < 1.29 is 14.6 Å². The quantitative estimate of drug-likeness (QED) is 0.755. The number of alkyl carbamates (subject to hydrolysis) is 1. The summed E-state index contributed by atoms with van der Waals surface area (Å²) in [5.41, 5.74) is 0.615. The summed E-state index contributed by atoms with van der Waals surface area (Å²) < 4.78 is 5.38. The third kappa shape index (κ3) is 4.35. The van der Waals surface area contributed by atoms with Crippen molar-refractivity contribution in [3.63, 3.8) is 0 Å². The Kier molecular flexibility index (Phi) is 6.22. The van der Waals surface area contributed by atoms with Crippen molar-refractivity contribution in [3.8, 4) is 0 Å². The highest BCUT2D eigenvalue weighted by Gasteiger charge is 2.45. The van der Waals surface area contributed by atoms with Crippen molar-refractivity contribution in [2.75, 3.05) is 6.61 Å². The molecule has 0 saturated heterocycles. The van der Waals surface area contributed by atoms with Gasteiger partial charge in [0.1, 0.15) is 6.61 Å². The fourth-order valence-electron chi connectivity index (χ4n) is 3.74. The van der Waals surface area contributed by atoms with Gasteiger partial charge in [0.05, 0.1) is 0 Å². The second-order valence-electron chi connectivity index (χ2n) is 6.49. The molecule has 1 aliphatic carbocycles. The van der Waals surface area contributed by atoms with Crippen LogP contribution in [0, 0.1) is 11.8 Å². The smallest absolute Gasteiger partial charge is 0.407 e. The van der Waals surface area contributed by atoms with Gasteiger partial charge in [0, 0.05) is 12.1 Å². The molecule has 0 heterocycles. The number of carbonyl (C=O) groups is 1. The van der Waals surface area contributed by atoms with E-state index in [1.54, 1.807) is 0 Å². The van der Waals surface area contributed by atoms with Crippen LogP contribution in [0.3, 0.4) is 0 Å². The van der Waals surface area contributed by atoms with Gasteiger partial charge in [-0.2, -0.15) is 0 Å². The van der Waals surface area contributed by atoms with Crippen LogP contribution in [0.1, 0.15) is 38.2 Å². The first-order valence-corrected chi connectivity index (χ1v) is 8.32. The zero-order chi connectivity index (χ0) is 16.7. The highest BCUT2D eigenvalue weighted by atomic mass is 16.5. The summed E-state index contributed by atoms with van der Waals surface area (Å²) in [4.78, 5) is 12.3. The third-order valence-corrected chi connectivity index (χ3v) is 4.90. The Morgan fingerprint density at radius 3 is 2.91 bits per heavy atom. The maximum Gasteiger partial charge on any atom is 0.407 e. The Hall–Kier alpha value is -1.81. The van der Waals surface area contributed by atoms with Gasteiger partial charge >= 0.3 is 6.09 Å². The molecule has 0 spiro atoms. The third-order valence-electron chi connectivity index (χ3n) is 4.90. The number of aliphatic hydroxyl groups excluding tert-OH is 1. The summed E-state index contributed by atoms with van der Waals surface area (Å²) in [6.07, 6.45) is 5.10. The average molecular weight is 317 g/mol. The molecule has 1 aromatic carbocycles. The maximum absolute atomic E-state index is 12.3. The van der Waals surface area contributed by atoms with E-state index in [4.69, 9.17) is 4.74 Å². The first-order valence-electron chi connectivity index (χ1n) is 8.32. The van der Waals surface area contributed by atoms with Gasteiger partial charge in [-0.25, -0.2) is 4.79 Å². The van der Waals surface area contributed by atoms with Crippen LogP contribution in [-0.2, 0) is 11.3 Å². The molecular formula is C19H27NO3. The molecular weight excluding hydrogens is 290 g/mol. The number of nitrogens with one attached hydrogen (secondary N) is 1. The molecule has 126 valence electrons. The van der Waals surface area contributed by atoms with E-state index in [0.717, 1.165) is 24.8 Å². The van der Waals surface area contributed by atoms with E-state index < -0.39 is 6.09 Å². The summed E-state index contributed by atoms with van der Waals surface area (Å²) in [6, 6.07) is 9.64. The molecule has 1 aromatic rings. The van der Waals surface area contributed by atoms with Crippen molar-refractivity contribution in [1.82, 2.24) is 5.32 Å². The van der Waals surface area contributed by atoms with Gasteiger partial charge < -0.3 is 15.2 Å². The van der Waals surface area contributed by atoms with Crippen molar-refractivity contribution >= 4 is 6.09 Å². The Morgan fingerprint density at radius 1 is 1.52 bits per heavy atom. The Balaban J connectivity index is 2.00. The maximum atomic E-state index is 12.3. The van der Waals surface area contributed by atoms with Gasteiger partial charge in [-0.3, -0.25) is 0 Å². The molecule has 1 unspecified atom stereocenters. The van der Waals surface area contributed by atoms with Crippen LogP contribution < -0.4 is 5.32 Å². The summed E-state index contributed by atoms with van der Waals surface area (Å²) in [6.45, 7) is 6.26. The number of aliphatic hydroxyl groups is 1. The summed E-state index contributed by atoms with van der Waals surface area (Å²) >= 11 is 0. The lowest BCUT2D eigenvalue weighted by Crippen LogP contribution is -2.53. The molecule has 4 nitrogen and oxygen atoms in total. The van der Waals surface area contributed by atoms with E-state index in [0.29, 0.717) is 6.42 Å². The highest BCUT2D eigenvalue weighted by Crippen LogP contribution is 2.42. The molecule has 1 saturated carbocycles. The van der Waals surface area contributed by atoms with E-state index in [-0.39, 0.29) is 30.6 Å². The number of carbonyl (C=O) groups excluding carboxylic acids is 1. The van der Waals surface area contributed by atoms with E-state index in [9.17, 15) is 9.90 Å². The molecule has 23 heavy (non-hydrogen) atoms. The van der Waals surface area contributed by atoms with Gasteiger partial charge in [0.15, 0.2) is 0 Å². The minimum Gasteiger partial charge on any atom is -0.445 e. The molecule has 1 fully saturated rings. The average Bonchev–Trinajstić information content (AvgIpc) is 2.96. The van der Waals surface area contributed by atoms with Crippen LogP contribution >= 0.6 is 0 Å². The van der Waals surface area contributed by atoms with E-state index in [1.807, 2.05) is 43.3 Å². The van der Waals surface area contributed by atoms with Gasteiger partial charge in [-0.05, 0) is 36.7 Å². The van der Waals surface area contributed by atoms with Gasteiger partial charge in [0.25, 0.3) is 0 Å². The van der Waals surface area contributed by atoms with E-state index >= 15 is 0 Å². The SMILES string of the molecule is C=CC[C@@]1(NC(=O)OCc2ccccc2)CCCC1[C@@H](C)CO. The number of hydrogen-bond donors (Lipinski definition) is 2. The van der Waals surface area contributed by atoms with Crippen molar-refractivity contribution in [2.45, 2.75) is 44.8 Å². The molecule has 4 heteroatoms.